The normalized spacial score (nSPS) is 17.7. The molecule has 0 unspecified atom stereocenters. The molecule has 0 N–H and O–H groups in total. The summed E-state index contributed by atoms with van der Waals surface area (Å²) < 4.78 is 0. The minimum Gasteiger partial charge on any atom is -0.353 e. The molecule has 3 heterocycles. The van der Waals surface area contributed by atoms with Gasteiger partial charge in [-0.3, -0.25) is 0 Å². The van der Waals surface area contributed by atoms with Gasteiger partial charge >= 0.3 is 0 Å². The van der Waals surface area contributed by atoms with Gasteiger partial charge < -0.3 is 9.80 Å². The Bertz CT molecular complexity index is 939. The summed E-state index contributed by atoms with van der Waals surface area (Å²) in [6, 6.07) is 10.3. The predicted octanol–water partition coefficient (Wildman–Crippen LogP) is 2.93. The van der Waals surface area contributed by atoms with Crippen molar-refractivity contribution in [1.29, 1.82) is 0 Å². The molecule has 1 aliphatic carbocycles. The molecule has 5 rings (SSSR count). The molecule has 2 aromatic heterocycles. The molecule has 26 heavy (non-hydrogen) atoms. The smallest absolute Gasteiger partial charge is 0.140 e. The monoisotopic (exact) mass is 346 g/mol. The van der Waals surface area contributed by atoms with Gasteiger partial charge in [0.2, 0.25) is 0 Å². The molecule has 1 saturated carbocycles. The molecule has 3 aromatic rings. The highest BCUT2D eigenvalue weighted by atomic mass is 15.3. The maximum Gasteiger partial charge on any atom is 0.140 e. The minimum absolute atomic E-state index is 0.585. The average Bonchev–Trinajstić information content (AvgIpc) is 3.53. The third kappa shape index (κ3) is 2.85. The van der Waals surface area contributed by atoms with Crippen molar-refractivity contribution >= 4 is 22.5 Å². The Labute approximate surface area is 152 Å². The molecule has 1 aromatic carbocycles. The Hall–Kier alpha value is -2.76. The number of hydrogen-bond acceptors (Lipinski definition) is 6. The molecule has 0 bridgehead atoms. The Morgan fingerprint density at radius 2 is 1.69 bits per heavy atom. The van der Waals surface area contributed by atoms with Crippen LogP contribution in [0.25, 0.3) is 10.9 Å². The minimum atomic E-state index is 0.585. The summed E-state index contributed by atoms with van der Waals surface area (Å²) in [7, 11) is 0. The maximum atomic E-state index is 4.84. The number of hydrogen-bond donors (Lipinski definition) is 0. The Balaban J connectivity index is 1.36. The first-order chi connectivity index (χ1) is 12.8. The van der Waals surface area contributed by atoms with E-state index in [2.05, 4.69) is 49.9 Å². The number of rotatable bonds is 3. The summed E-state index contributed by atoms with van der Waals surface area (Å²) in [6.07, 6.45) is 4.13. The summed E-state index contributed by atoms with van der Waals surface area (Å²) in [4.78, 5) is 23.1. The van der Waals surface area contributed by atoms with E-state index >= 15 is 0 Å². The highest BCUT2D eigenvalue weighted by Crippen LogP contribution is 2.38. The lowest BCUT2D eigenvalue weighted by Crippen LogP contribution is -2.47. The van der Waals surface area contributed by atoms with Crippen LogP contribution in [0.15, 0.2) is 36.7 Å². The molecule has 0 radical (unpaired) electrons. The van der Waals surface area contributed by atoms with Crippen LogP contribution in [0, 0.1) is 6.92 Å². The van der Waals surface area contributed by atoms with Crippen molar-refractivity contribution in [3.63, 3.8) is 0 Å². The maximum absolute atomic E-state index is 4.84. The van der Waals surface area contributed by atoms with E-state index < -0.39 is 0 Å². The van der Waals surface area contributed by atoms with Crippen molar-refractivity contribution in [2.24, 2.45) is 0 Å². The third-order valence-corrected chi connectivity index (χ3v) is 5.23. The lowest BCUT2D eigenvalue weighted by molar-refractivity contribution is 0.639. The summed E-state index contributed by atoms with van der Waals surface area (Å²) in [6.45, 7) is 5.82. The predicted molar refractivity (Wildman–Crippen MR) is 103 cm³/mol. The van der Waals surface area contributed by atoms with E-state index in [1.807, 2.05) is 12.1 Å². The standard InChI is InChI=1S/C20H22N6/c1-14-12-18(24-19(23-14)15-6-7-15)25-8-10-26(11-9-25)20-16-4-2-3-5-17(16)21-13-22-20/h2-5,12-13,15H,6-11H2,1H3. The van der Waals surface area contributed by atoms with Crippen LogP contribution in [-0.2, 0) is 0 Å². The number of piperazine rings is 1. The SMILES string of the molecule is Cc1cc(N2CCN(c3ncnc4ccccc34)CC2)nc(C2CC2)n1. The number of aryl methyl sites for hydroxylation is 1. The molecule has 0 atom stereocenters. The average molecular weight is 346 g/mol. The molecule has 2 aliphatic rings. The quantitative estimate of drug-likeness (QED) is 0.727. The first kappa shape index (κ1) is 15.5. The van der Waals surface area contributed by atoms with E-state index in [4.69, 9.17) is 4.98 Å². The number of fused-ring (bicyclic) bond motifs is 1. The first-order valence-corrected chi connectivity index (χ1v) is 9.33. The van der Waals surface area contributed by atoms with Crippen molar-refractivity contribution in [2.45, 2.75) is 25.7 Å². The van der Waals surface area contributed by atoms with Gasteiger partial charge in [-0.2, -0.15) is 0 Å². The fourth-order valence-corrected chi connectivity index (χ4v) is 3.65. The number of para-hydroxylation sites is 1. The lowest BCUT2D eigenvalue weighted by atomic mass is 10.2. The van der Waals surface area contributed by atoms with Crippen LogP contribution in [0.3, 0.4) is 0 Å². The molecule has 6 heteroatoms. The van der Waals surface area contributed by atoms with E-state index in [1.54, 1.807) is 6.33 Å². The van der Waals surface area contributed by atoms with Crippen molar-refractivity contribution in [3.8, 4) is 0 Å². The van der Waals surface area contributed by atoms with Crippen molar-refractivity contribution in [2.75, 3.05) is 36.0 Å². The molecule has 6 nitrogen and oxygen atoms in total. The zero-order valence-electron chi connectivity index (χ0n) is 15.0. The zero-order valence-corrected chi connectivity index (χ0v) is 15.0. The second-order valence-electron chi connectivity index (χ2n) is 7.19. The molecule has 0 spiro atoms. The van der Waals surface area contributed by atoms with Crippen LogP contribution in [-0.4, -0.2) is 46.1 Å². The largest absolute Gasteiger partial charge is 0.353 e. The van der Waals surface area contributed by atoms with Crippen LogP contribution in [0.4, 0.5) is 11.6 Å². The second kappa shape index (κ2) is 6.20. The Morgan fingerprint density at radius 1 is 0.923 bits per heavy atom. The number of anilines is 2. The highest BCUT2D eigenvalue weighted by molar-refractivity contribution is 5.89. The summed E-state index contributed by atoms with van der Waals surface area (Å²) in [5, 5.41) is 1.12. The molecule has 1 aliphatic heterocycles. The van der Waals surface area contributed by atoms with Crippen LogP contribution in [0.2, 0.25) is 0 Å². The molecule has 1 saturated heterocycles. The summed E-state index contributed by atoms with van der Waals surface area (Å²) in [5.41, 5.74) is 2.07. The Kier molecular flexibility index (Phi) is 3.69. The van der Waals surface area contributed by atoms with E-state index in [9.17, 15) is 0 Å². The topological polar surface area (TPSA) is 58.0 Å². The van der Waals surface area contributed by atoms with Gasteiger partial charge in [0.15, 0.2) is 0 Å². The van der Waals surface area contributed by atoms with E-state index in [1.165, 1.54) is 12.8 Å². The van der Waals surface area contributed by atoms with Gasteiger partial charge in [0.25, 0.3) is 0 Å². The zero-order chi connectivity index (χ0) is 17.5. The van der Waals surface area contributed by atoms with Crippen molar-refractivity contribution < 1.29 is 0 Å². The van der Waals surface area contributed by atoms with Gasteiger partial charge in [-0.05, 0) is 31.9 Å². The van der Waals surface area contributed by atoms with Gasteiger partial charge in [0.05, 0.1) is 5.52 Å². The number of nitrogens with zero attached hydrogens (tertiary/aromatic N) is 6. The van der Waals surface area contributed by atoms with Crippen molar-refractivity contribution in [3.05, 3.63) is 48.2 Å². The summed E-state index contributed by atoms with van der Waals surface area (Å²) >= 11 is 0. The lowest BCUT2D eigenvalue weighted by Gasteiger charge is -2.36. The molecular weight excluding hydrogens is 324 g/mol. The van der Waals surface area contributed by atoms with Crippen LogP contribution >= 0.6 is 0 Å². The van der Waals surface area contributed by atoms with Gasteiger partial charge in [0.1, 0.15) is 23.8 Å². The van der Waals surface area contributed by atoms with Crippen molar-refractivity contribution in [1.82, 2.24) is 19.9 Å². The second-order valence-corrected chi connectivity index (χ2v) is 7.19. The molecule has 2 fully saturated rings. The van der Waals surface area contributed by atoms with Crippen LogP contribution in [0.1, 0.15) is 30.3 Å². The molecule has 0 amide bonds. The van der Waals surface area contributed by atoms with Gasteiger partial charge in [-0.1, -0.05) is 12.1 Å². The van der Waals surface area contributed by atoms with E-state index in [-0.39, 0.29) is 0 Å². The van der Waals surface area contributed by atoms with Gasteiger partial charge in [-0.15, -0.1) is 0 Å². The van der Waals surface area contributed by atoms with Crippen LogP contribution < -0.4 is 9.80 Å². The fraction of sp³-hybridized carbons (Fsp3) is 0.400. The van der Waals surface area contributed by atoms with Gasteiger partial charge in [-0.25, -0.2) is 19.9 Å². The number of benzene rings is 1. The highest BCUT2D eigenvalue weighted by Gasteiger charge is 2.28. The van der Waals surface area contributed by atoms with E-state index in [0.717, 1.165) is 60.2 Å². The molecule has 132 valence electrons. The van der Waals surface area contributed by atoms with E-state index in [0.29, 0.717) is 5.92 Å². The number of aromatic nitrogens is 4. The van der Waals surface area contributed by atoms with Gasteiger partial charge in [0, 0.05) is 49.2 Å². The van der Waals surface area contributed by atoms with Crippen LogP contribution in [0.5, 0.6) is 0 Å². The Morgan fingerprint density at radius 3 is 2.50 bits per heavy atom. The summed E-state index contributed by atoms with van der Waals surface area (Å²) in [5.74, 6) is 3.73. The third-order valence-electron chi connectivity index (χ3n) is 5.23. The molecular formula is C20H22N6. The fourth-order valence-electron chi connectivity index (χ4n) is 3.65. The first-order valence-electron chi connectivity index (χ1n) is 9.33.